The number of unbranched alkanes of at least 4 members (excludes halogenated alkanes) is 2. The van der Waals surface area contributed by atoms with Gasteiger partial charge in [0.15, 0.2) is 0 Å². The van der Waals surface area contributed by atoms with Gasteiger partial charge < -0.3 is 30.3 Å². The molecule has 3 aliphatic heterocycles. The number of carbonyl (C=O) groups excluding carboxylic acids is 7. The van der Waals surface area contributed by atoms with Crippen LogP contribution >= 0.6 is 0 Å². The smallest absolute Gasteiger partial charge is 0.262 e. The van der Waals surface area contributed by atoms with E-state index < -0.39 is 41.1 Å². The number of nitrogens with zero attached hydrogens (tertiary/aromatic N) is 3. The van der Waals surface area contributed by atoms with Crippen molar-refractivity contribution in [2.24, 2.45) is 0 Å². The third-order valence-corrected chi connectivity index (χ3v) is 12.0. The Morgan fingerprint density at radius 2 is 1.62 bits per heavy atom. The highest BCUT2D eigenvalue weighted by atomic mass is 16.5. The van der Waals surface area contributed by atoms with Gasteiger partial charge in [0.1, 0.15) is 30.2 Å². The summed E-state index contributed by atoms with van der Waals surface area (Å²) in [5.74, 6) is -1.43. The van der Waals surface area contributed by atoms with Crippen LogP contribution in [0.15, 0.2) is 66.7 Å². The van der Waals surface area contributed by atoms with Gasteiger partial charge in [-0.25, -0.2) is 0 Å². The maximum Gasteiger partial charge on any atom is 0.262 e. The van der Waals surface area contributed by atoms with Crippen LogP contribution in [0.2, 0.25) is 0 Å². The van der Waals surface area contributed by atoms with E-state index >= 15 is 0 Å². The van der Waals surface area contributed by atoms with E-state index in [2.05, 4.69) is 31.1 Å². The fourth-order valence-corrected chi connectivity index (χ4v) is 8.31. The van der Waals surface area contributed by atoms with Crippen molar-refractivity contribution in [2.45, 2.75) is 68.9 Å². The molecule has 1 aliphatic carbocycles. The third-order valence-electron chi connectivity index (χ3n) is 12.0. The Bertz CT molecular complexity index is 2160. The first-order valence-corrected chi connectivity index (χ1v) is 21.0. The number of imide groups is 2. The van der Waals surface area contributed by atoms with Gasteiger partial charge >= 0.3 is 0 Å². The Hall–Kier alpha value is -6.29. The van der Waals surface area contributed by atoms with Gasteiger partial charge in [-0.05, 0) is 92.2 Å². The van der Waals surface area contributed by atoms with Crippen molar-refractivity contribution in [3.05, 3.63) is 89.0 Å². The number of piperidine rings is 1. The number of rotatable bonds is 18. The van der Waals surface area contributed by atoms with E-state index in [-0.39, 0.29) is 48.3 Å². The number of piperazine rings is 1. The summed E-state index contributed by atoms with van der Waals surface area (Å²) < 4.78 is 11.2. The Balaban J connectivity index is 0.782. The summed E-state index contributed by atoms with van der Waals surface area (Å²) in [6, 6.07) is 17.8. The van der Waals surface area contributed by atoms with Crippen molar-refractivity contribution >= 4 is 47.0 Å². The van der Waals surface area contributed by atoms with Gasteiger partial charge in [0.25, 0.3) is 11.8 Å². The number of ether oxygens (including phenoxy) is 2. The third kappa shape index (κ3) is 9.70. The zero-order chi connectivity index (χ0) is 43.1. The molecule has 0 bridgehead atoms. The first-order chi connectivity index (χ1) is 29.5. The summed E-state index contributed by atoms with van der Waals surface area (Å²) in [5.41, 5.74) is 2.17. The van der Waals surface area contributed by atoms with Crippen LogP contribution in [0.25, 0.3) is 0 Å². The van der Waals surface area contributed by atoms with Gasteiger partial charge in [-0.1, -0.05) is 30.7 Å². The number of likely N-dealkylation sites (N-methyl/N-ethyl adjacent to an activating group) is 1. The van der Waals surface area contributed by atoms with Crippen molar-refractivity contribution in [3.63, 3.8) is 0 Å². The number of carbonyl (C=O) groups is 7. The van der Waals surface area contributed by atoms with E-state index in [4.69, 9.17) is 9.47 Å². The fraction of sp³-hybridized carbons (Fsp3) is 0.444. The lowest BCUT2D eigenvalue weighted by molar-refractivity contribution is -0.136. The fourth-order valence-electron chi connectivity index (χ4n) is 8.31. The van der Waals surface area contributed by atoms with Crippen LogP contribution in [0.4, 0.5) is 5.69 Å². The molecule has 4 N–H and O–H groups in total. The van der Waals surface area contributed by atoms with Crippen molar-refractivity contribution in [2.75, 3.05) is 64.9 Å². The molecule has 3 heterocycles. The van der Waals surface area contributed by atoms with Gasteiger partial charge in [0, 0.05) is 51.8 Å². The van der Waals surface area contributed by atoms with E-state index in [9.17, 15) is 33.6 Å². The summed E-state index contributed by atoms with van der Waals surface area (Å²) in [4.78, 5) is 94.9. The molecule has 0 spiro atoms. The highest BCUT2D eigenvalue weighted by Gasteiger charge is 2.52. The van der Waals surface area contributed by atoms with E-state index in [1.807, 2.05) is 30.3 Å². The maximum atomic E-state index is 13.6. The highest BCUT2D eigenvalue weighted by molar-refractivity contribution is 6.23. The normalized spacial score (nSPS) is 18.8. The molecule has 16 heteroatoms. The molecular formula is C45H53N7O9. The molecule has 61 heavy (non-hydrogen) atoms. The standard InChI is InChI=1S/C45H53N7O9/c1-46-41(56)39(49-44(59)45(18-19-45)30-10-13-32(60-2)14-11-30)29-7-6-8-33(27-29)61-26-20-47-37(53)9-4-3-5-21-50-22-24-51(25-23-50)31-12-15-34-35(28-31)43(58)52(42(34)57)36-16-17-38(54)48-40(36)55/h6-8,10-15,27-28,36,39H,3-5,9,16-26H2,1-2H3,(H,46,56)(H,47,53)(H,49,59)(H,48,54,55)/t36?,39-/m0/s1. The zero-order valence-electron chi connectivity index (χ0n) is 34.6. The zero-order valence-corrected chi connectivity index (χ0v) is 34.6. The molecule has 1 unspecified atom stereocenters. The number of benzene rings is 3. The average Bonchev–Trinajstić information content (AvgIpc) is 4.06. The van der Waals surface area contributed by atoms with Gasteiger partial charge in [-0.3, -0.25) is 48.7 Å². The molecule has 3 aromatic rings. The molecule has 2 atom stereocenters. The predicted octanol–water partition coefficient (Wildman–Crippen LogP) is 2.61. The molecule has 7 rings (SSSR count). The summed E-state index contributed by atoms with van der Waals surface area (Å²) in [6.45, 7) is 4.64. The molecule has 16 nitrogen and oxygen atoms in total. The van der Waals surface area contributed by atoms with Crippen LogP contribution in [-0.4, -0.2) is 117 Å². The number of amides is 7. The first kappa shape index (κ1) is 42.8. The molecule has 4 aliphatic rings. The van der Waals surface area contributed by atoms with E-state index in [1.165, 1.54) is 7.05 Å². The van der Waals surface area contributed by atoms with Gasteiger partial charge in [0.2, 0.25) is 29.5 Å². The monoisotopic (exact) mass is 835 g/mol. The van der Waals surface area contributed by atoms with E-state index in [0.29, 0.717) is 42.9 Å². The number of anilines is 1. The summed E-state index contributed by atoms with van der Waals surface area (Å²) in [7, 11) is 3.12. The SMILES string of the molecule is CNC(=O)[C@@H](NC(=O)C1(c2ccc(OC)cc2)CC1)c1cccc(OCCNC(=O)CCCCCN2CCN(c3ccc4c(c3)C(=O)N(C3CCC(=O)NC3=O)C4=O)CC2)c1. The molecule has 322 valence electrons. The van der Waals surface area contributed by atoms with Crippen LogP contribution in [0.5, 0.6) is 11.5 Å². The predicted molar refractivity (Wildman–Crippen MR) is 224 cm³/mol. The number of nitrogens with one attached hydrogen (secondary N) is 4. The van der Waals surface area contributed by atoms with Gasteiger partial charge in [-0.15, -0.1) is 0 Å². The molecule has 1 saturated carbocycles. The Morgan fingerprint density at radius 1 is 0.869 bits per heavy atom. The average molecular weight is 836 g/mol. The lowest BCUT2D eigenvalue weighted by Crippen LogP contribution is -2.54. The van der Waals surface area contributed by atoms with Crippen LogP contribution in [0.1, 0.15) is 89.3 Å². The van der Waals surface area contributed by atoms with Crippen molar-refractivity contribution in [1.82, 2.24) is 31.1 Å². The minimum atomic E-state index is -0.990. The Labute approximate surface area is 354 Å². The van der Waals surface area contributed by atoms with Crippen molar-refractivity contribution in [1.29, 1.82) is 0 Å². The largest absolute Gasteiger partial charge is 0.497 e. The summed E-state index contributed by atoms with van der Waals surface area (Å²) >= 11 is 0. The second-order valence-electron chi connectivity index (χ2n) is 15.9. The Kier molecular flexibility index (Phi) is 13.3. The molecule has 3 aromatic carbocycles. The van der Waals surface area contributed by atoms with Crippen molar-refractivity contribution in [3.8, 4) is 11.5 Å². The van der Waals surface area contributed by atoms with Crippen molar-refractivity contribution < 1.29 is 43.0 Å². The number of hydrogen-bond acceptors (Lipinski definition) is 11. The van der Waals surface area contributed by atoms with Crippen LogP contribution in [0, 0.1) is 0 Å². The molecule has 0 aromatic heterocycles. The number of hydrogen-bond donors (Lipinski definition) is 4. The number of fused-ring (bicyclic) bond motifs is 1. The van der Waals surface area contributed by atoms with Gasteiger partial charge in [0.05, 0.1) is 30.2 Å². The molecule has 7 amide bonds. The highest BCUT2D eigenvalue weighted by Crippen LogP contribution is 2.49. The molecule has 2 saturated heterocycles. The minimum Gasteiger partial charge on any atom is -0.497 e. The molecule has 3 fully saturated rings. The second-order valence-corrected chi connectivity index (χ2v) is 15.9. The number of methoxy groups -OCH3 is 1. The first-order valence-electron chi connectivity index (χ1n) is 21.0. The molecule has 0 radical (unpaired) electrons. The van der Waals surface area contributed by atoms with Crippen LogP contribution < -0.4 is 35.6 Å². The van der Waals surface area contributed by atoms with E-state index in [1.54, 1.807) is 43.5 Å². The van der Waals surface area contributed by atoms with Crippen LogP contribution in [0.3, 0.4) is 0 Å². The quantitative estimate of drug-likeness (QED) is 0.109. The second kappa shape index (κ2) is 19.0. The lowest BCUT2D eigenvalue weighted by Gasteiger charge is -2.36. The lowest BCUT2D eigenvalue weighted by atomic mass is 9.94. The van der Waals surface area contributed by atoms with Gasteiger partial charge in [-0.2, -0.15) is 0 Å². The van der Waals surface area contributed by atoms with E-state index in [0.717, 1.165) is 68.1 Å². The maximum absolute atomic E-state index is 13.6. The summed E-state index contributed by atoms with van der Waals surface area (Å²) in [6.07, 6.45) is 4.61. The topological polar surface area (TPSA) is 196 Å². The Morgan fingerprint density at radius 3 is 2.33 bits per heavy atom. The molecular weight excluding hydrogens is 783 g/mol. The summed E-state index contributed by atoms with van der Waals surface area (Å²) in [5, 5.41) is 10.8. The minimum absolute atomic E-state index is 0.0472. The van der Waals surface area contributed by atoms with Crippen LogP contribution in [-0.2, 0) is 29.4 Å².